The number of ether oxygens (including phenoxy) is 1. The first-order chi connectivity index (χ1) is 9.35. The molecule has 0 saturated carbocycles. The third-order valence-corrected chi connectivity index (χ3v) is 2.57. The zero-order chi connectivity index (χ0) is 14.8. The highest BCUT2D eigenvalue weighted by Crippen LogP contribution is 2.25. The number of alkyl halides is 3. The quantitative estimate of drug-likeness (QED) is 0.780. The van der Waals surface area contributed by atoms with Gasteiger partial charge in [-0.15, -0.1) is 0 Å². The molecule has 2 rings (SSSR count). The van der Waals surface area contributed by atoms with Gasteiger partial charge in [0.25, 0.3) is 0 Å². The van der Waals surface area contributed by atoms with E-state index in [-0.39, 0.29) is 11.6 Å². The molecule has 2 aromatic rings. The molecular weight excluding hydrogens is 298 g/mol. The third-order valence-electron chi connectivity index (χ3n) is 2.32. The zero-order valence-corrected chi connectivity index (χ0v) is 10.7. The Morgan fingerprint density at radius 2 is 1.70 bits per heavy atom. The van der Waals surface area contributed by atoms with Crippen molar-refractivity contribution in [3.05, 3.63) is 47.2 Å². The molecule has 0 amide bonds. The summed E-state index contributed by atoms with van der Waals surface area (Å²) in [4.78, 5) is 3.73. The van der Waals surface area contributed by atoms with Crippen molar-refractivity contribution in [3.63, 3.8) is 0 Å². The van der Waals surface area contributed by atoms with E-state index in [0.717, 1.165) is 12.1 Å². The highest BCUT2D eigenvalue weighted by atomic mass is 35.5. The second-order valence-electron chi connectivity index (χ2n) is 3.89. The van der Waals surface area contributed by atoms with Gasteiger partial charge in [0.1, 0.15) is 11.5 Å². The number of rotatable bonds is 3. The van der Waals surface area contributed by atoms with Crippen LogP contribution in [0.15, 0.2) is 36.4 Å². The largest absolute Gasteiger partial charge is 0.468 e. The average Bonchev–Trinajstić information content (AvgIpc) is 2.38. The third kappa shape index (κ3) is 3.84. The Balaban J connectivity index is 2.27. The van der Waals surface area contributed by atoms with Gasteiger partial charge in [-0.3, -0.25) is 0 Å². The van der Waals surface area contributed by atoms with Crippen LogP contribution < -0.4 is 4.74 Å². The van der Waals surface area contributed by atoms with Gasteiger partial charge in [-0.1, -0.05) is 23.7 Å². The summed E-state index contributed by atoms with van der Waals surface area (Å²) in [6, 6.07) is 8.13. The number of halogens is 5. The Labute approximate surface area is 117 Å². The topological polar surface area (TPSA) is 22.1 Å². The zero-order valence-electron chi connectivity index (χ0n) is 9.92. The smallest absolute Gasteiger partial charge is 0.422 e. The highest BCUT2D eigenvalue weighted by Gasteiger charge is 2.28. The van der Waals surface area contributed by atoms with Gasteiger partial charge in [-0.2, -0.15) is 13.2 Å². The lowest BCUT2D eigenvalue weighted by molar-refractivity contribution is -0.154. The molecule has 0 fully saturated rings. The molecule has 0 aliphatic heterocycles. The highest BCUT2D eigenvalue weighted by molar-refractivity contribution is 6.30. The number of benzene rings is 1. The molecule has 1 heterocycles. The van der Waals surface area contributed by atoms with E-state index in [0.29, 0.717) is 10.6 Å². The van der Waals surface area contributed by atoms with Crippen LogP contribution in [0.25, 0.3) is 11.3 Å². The Morgan fingerprint density at radius 1 is 1.05 bits per heavy atom. The summed E-state index contributed by atoms with van der Waals surface area (Å²) < 4.78 is 54.3. The molecule has 0 N–H and O–H groups in total. The summed E-state index contributed by atoms with van der Waals surface area (Å²) in [6.07, 6.45) is -4.48. The van der Waals surface area contributed by atoms with E-state index < -0.39 is 18.6 Å². The Hall–Kier alpha value is -1.82. The van der Waals surface area contributed by atoms with Crippen LogP contribution in [0.2, 0.25) is 5.02 Å². The van der Waals surface area contributed by atoms with Gasteiger partial charge in [-0.05, 0) is 18.2 Å². The molecule has 0 aliphatic rings. The summed E-state index contributed by atoms with van der Waals surface area (Å²) in [5.74, 6) is -0.958. The number of aromatic nitrogens is 1. The molecule has 0 spiro atoms. The van der Waals surface area contributed by atoms with Gasteiger partial charge in [-0.25, -0.2) is 9.37 Å². The van der Waals surface area contributed by atoms with E-state index in [2.05, 4.69) is 9.72 Å². The minimum atomic E-state index is -4.48. The maximum atomic E-state index is 13.7. The monoisotopic (exact) mass is 305 g/mol. The van der Waals surface area contributed by atoms with Crippen LogP contribution in [-0.4, -0.2) is 17.8 Å². The van der Waals surface area contributed by atoms with Gasteiger partial charge < -0.3 is 4.74 Å². The molecular formula is C13H8ClF4NO. The van der Waals surface area contributed by atoms with Crippen LogP contribution in [-0.2, 0) is 0 Å². The first-order valence-corrected chi connectivity index (χ1v) is 5.85. The second kappa shape index (κ2) is 5.66. The van der Waals surface area contributed by atoms with E-state index in [9.17, 15) is 17.6 Å². The summed E-state index contributed by atoms with van der Waals surface area (Å²) in [5, 5.41) is 0.457. The molecule has 7 heteroatoms. The van der Waals surface area contributed by atoms with Crippen molar-refractivity contribution in [1.82, 2.24) is 4.98 Å². The standard InChI is InChI=1S/C13H8ClF4NO/c14-9-3-1-8(2-4-9)12-10(15)5-6-11(19-12)20-7-13(16,17)18/h1-6H,7H2. The van der Waals surface area contributed by atoms with Crippen molar-refractivity contribution >= 4 is 11.6 Å². The minimum Gasteiger partial charge on any atom is -0.468 e. The molecule has 1 aromatic heterocycles. The van der Waals surface area contributed by atoms with Crippen LogP contribution in [0.4, 0.5) is 17.6 Å². The molecule has 0 radical (unpaired) electrons. The second-order valence-corrected chi connectivity index (χ2v) is 4.33. The van der Waals surface area contributed by atoms with Crippen molar-refractivity contribution in [1.29, 1.82) is 0 Å². The van der Waals surface area contributed by atoms with Crippen LogP contribution >= 0.6 is 11.6 Å². The number of hydrogen-bond acceptors (Lipinski definition) is 2. The molecule has 20 heavy (non-hydrogen) atoms. The fraction of sp³-hybridized carbons (Fsp3) is 0.154. The molecule has 0 atom stereocenters. The Bertz CT molecular complexity index is 598. The van der Waals surface area contributed by atoms with Crippen molar-refractivity contribution in [2.45, 2.75) is 6.18 Å². The van der Waals surface area contributed by atoms with E-state index in [4.69, 9.17) is 11.6 Å². The van der Waals surface area contributed by atoms with Crippen molar-refractivity contribution in [2.24, 2.45) is 0 Å². The fourth-order valence-corrected chi connectivity index (χ4v) is 1.60. The Kier molecular flexibility index (Phi) is 4.13. The number of nitrogens with zero attached hydrogens (tertiary/aromatic N) is 1. The molecule has 106 valence electrons. The Morgan fingerprint density at radius 3 is 2.30 bits per heavy atom. The summed E-state index contributed by atoms with van der Waals surface area (Å²) >= 11 is 5.71. The summed E-state index contributed by atoms with van der Waals surface area (Å²) in [5.41, 5.74) is 0.297. The van der Waals surface area contributed by atoms with Gasteiger partial charge in [0, 0.05) is 16.7 Å². The molecule has 0 bridgehead atoms. The molecule has 0 unspecified atom stereocenters. The molecule has 2 nitrogen and oxygen atoms in total. The lowest BCUT2D eigenvalue weighted by atomic mass is 10.1. The van der Waals surface area contributed by atoms with E-state index in [1.54, 1.807) is 0 Å². The predicted molar refractivity (Wildman–Crippen MR) is 66.2 cm³/mol. The first-order valence-electron chi connectivity index (χ1n) is 5.47. The maximum Gasteiger partial charge on any atom is 0.422 e. The van der Waals surface area contributed by atoms with Crippen LogP contribution in [0.5, 0.6) is 5.88 Å². The van der Waals surface area contributed by atoms with E-state index in [1.165, 1.54) is 24.3 Å². The van der Waals surface area contributed by atoms with Gasteiger partial charge in [0.05, 0.1) is 0 Å². The molecule has 0 aliphatic carbocycles. The average molecular weight is 306 g/mol. The van der Waals surface area contributed by atoms with Gasteiger partial charge in [0.15, 0.2) is 6.61 Å². The van der Waals surface area contributed by atoms with E-state index in [1.807, 2.05) is 0 Å². The van der Waals surface area contributed by atoms with Crippen molar-refractivity contribution in [2.75, 3.05) is 6.61 Å². The summed E-state index contributed by atoms with van der Waals surface area (Å²) in [6.45, 7) is -1.48. The molecule has 1 aromatic carbocycles. The van der Waals surface area contributed by atoms with Crippen LogP contribution in [0, 0.1) is 5.82 Å². The van der Waals surface area contributed by atoms with Crippen LogP contribution in [0.3, 0.4) is 0 Å². The maximum absolute atomic E-state index is 13.7. The lowest BCUT2D eigenvalue weighted by Crippen LogP contribution is -2.19. The summed E-state index contributed by atoms with van der Waals surface area (Å²) in [7, 11) is 0. The van der Waals surface area contributed by atoms with E-state index >= 15 is 0 Å². The minimum absolute atomic E-state index is 0.0960. The van der Waals surface area contributed by atoms with Crippen molar-refractivity contribution < 1.29 is 22.3 Å². The SMILES string of the molecule is Fc1ccc(OCC(F)(F)F)nc1-c1ccc(Cl)cc1. The molecule has 0 saturated heterocycles. The van der Waals surface area contributed by atoms with Gasteiger partial charge >= 0.3 is 6.18 Å². The normalized spacial score (nSPS) is 11.4. The fourth-order valence-electron chi connectivity index (χ4n) is 1.47. The lowest BCUT2D eigenvalue weighted by Gasteiger charge is -2.10. The first kappa shape index (κ1) is 14.6. The number of pyridine rings is 1. The van der Waals surface area contributed by atoms with Crippen molar-refractivity contribution in [3.8, 4) is 17.1 Å². The predicted octanol–water partition coefficient (Wildman–Crippen LogP) is 4.48. The van der Waals surface area contributed by atoms with Crippen LogP contribution in [0.1, 0.15) is 0 Å². The van der Waals surface area contributed by atoms with Gasteiger partial charge in [0.2, 0.25) is 5.88 Å². The number of hydrogen-bond donors (Lipinski definition) is 0.